The first-order valence-corrected chi connectivity index (χ1v) is 5.55. The smallest absolute Gasteiger partial charge is 0.338 e. The van der Waals surface area contributed by atoms with Crippen molar-refractivity contribution in [3.8, 4) is 6.07 Å². The average Bonchev–Trinajstić information content (AvgIpc) is 3.11. The maximum Gasteiger partial charge on any atom is 0.338 e. The lowest BCUT2D eigenvalue weighted by molar-refractivity contribution is 0.0419. The molecule has 0 bridgehead atoms. The van der Waals surface area contributed by atoms with Gasteiger partial charge in [-0.1, -0.05) is 0 Å². The van der Waals surface area contributed by atoms with Gasteiger partial charge in [-0.25, -0.2) is 13.6 Å². The summed E-state index contributed by atoms with van der Waals surface area (Å²) in [6.07, 6.45) is 2.05. The van der Waals surface area contributed by atoms with Crippen LogP contribution in [-0.4, -0.2) is 12.6 Å². The van der Waals surface area contributed by atoms with Crippen LogP contribution < -0.4 is 0 Å². The van der Waals surface area contributed by atoms with Crippen molar-refractivity contribution in [2.24, 2.45) is 5.41 Å². The highest BCUT2D eigenvalue weighted by atomic mass is 19.2. The fourth-order valence-corrected chi connectivity index (χ4v) is 1.64. The van der Waals surface area contributed by atoms with E-state index in [1.165, 1.54) is 6.07 Å². The molecule has 1 aliphatic carbocycles. The van der Waals surface area contributed by atoms with Crippen LogP contribution in [0.1, 0.15) is 29.6 Å². The molecule has 18 heavy (non-hydrogen) atoms. The average molecular weight is 251 g/mol. The third-order valence-electron chi connectivity index (χ3n) is 3.08. The number of hydrogen-bond acceptors (Lipinski definition) is 3. The minimum absolute atomic E-state index is 0.0262. The summed E-state index contributed by atoms with van der Waals surface area (Å²) in [5, 5.41) is 8.61. The van der Waals surface area contributed by atoms with Gasteiger partial charge in [-0.05, 0) is 31.0 Å². The largest absolute Gasteiger partial charge is 0.461 e. The Bertz CT molecular complexity index is 518. The fourth-order valence-electron chi connectivity index (χ4n) is 1.64. The molecule has 2 rings (SSSR count). The molecule has 1 aliphatic rings. The standard InChI is InChI=1S/C13H11F2NO2/c14-10-2-1-9(7-11(10)15)12(17)18-8-13(3-4-13)5-6-16/h1-2,7H,3-5,8H2. The van der Waals surface area contributed by atoms with E-state index >= 15 is 0 Å². The fraction of sp³-hybridized carbons (Fsp3) is 0.385. The van der Waals surface area contributed by atoms with Crippen LogP contribution in [0.3, 0.4) is 0 Å². The van der Waals surface area contributed by atoms with Crippen molar-refractivity contribution in [3.63, 3.8) is 0 Å². The Labute approximate surface area is 103 Å². The van der Waals surface area contributed by atoms with E-state index in [1.807, 2.05) is 6.07 Å². The zero-order valence-electron chi connectivity index (χ0n) is 9.58. The van der Waals surface area contributed by atoms with E-state index in [-0.39, 0.29) is 17.6 Å². The molecule has 0 aliphatic heterocycles. The molecule has 0 aromatic heterocycles. The van der Waals surface area contributed by atoms with Crippen molar-refractivity contribution < 1.29 is 18.3 Å². The van der Waals surface area contributed by atoms with Crippen LogP contribution in [0.25, 0.3) is 0 Å². The van der Waals surface area contributed by atoms with E-state index in [1.54, 1.807) is 0 Å². The molecule has 0 heterocycles. The molecule has 0 atom stereocenters. The summed E-state index contributed by atoms with van der Waals surface area (Å²) in [4.78, 5) is 11.6. The molecule has 3 nitrogen and oxygen atoms in total. The number of nitrogens with zero attached hydrogens (tertiary/aromatic N) is 1. The Balaban J connectivity index is 1.96. The second-order valence-electron chi connectivity index (χ2n) is 4.54. The number of rotatable bonds is 4. The van der Waals surface area contributed by atoms with Crippen LogP contribution in [0.15, 0.2) is 18.2 Å². The zero-order chi connectivity index (χ0) is 13.2. The Hall–Kier alpha value is -1.96. The van der Waals surface area contributed by atoms with Crippen molar-refractivity contribution in [1.29, 1.82) is 5.26 Å². The van der Waals surface area contributed by atoms with Gasteiger partial charge in [0.1, 0.15) is 0 Å². The lowest BCUT2D eigenvalue weighted by atomic mass is 10.1. The zero-order valence-corrected chi connectivity index (χ0v) is 9.58. The first-order valence-electron chi connectivity index (χ1n) is 5.55. The summed E-state index contributed by atoms with van der Waals surface area (Å²) < 4.78 is 30.6. The van der Waals surface area contributed by atoms with Crippen LogP contribution in [-0.2, 0) is 4.74 Å². The number of benzene rings is 1. The summed E-state index contributed by atoms with van der Waals surface area (Å²) in [6, 6.07) is 4.91. The van der Waals surface area contributed by atoms with Crippen molar-refractivity contribution in [2.45, 2.75) is 19.3 Å². The van der Waals surface area contributed by atoms with Gasteiger partial charge in [-0.3, -0.25) is 0 Å². The van der Waals surface area contributed by atoms with Crippen molar-refractivity contribution in [3.05, 3.63) is 35.4 Å². The molecule has 1 aromatic rings. The molecular formula is C13H11F2NO2. The summed E-state index contributed by atoms with van der Waals surface area (Å²) >= 11 is 0. The van der Waals surface area contributed by atoms with E-state index in [4.69, 9.17) is 10.00 Å². The minimum atomic E-state index is -1.08. The summed E-state index contributed by atoms with van der Waals surface area (Å²) in [7, 11) is 0. The maximum absolute atomic E-state index is 12.9. The Kier molecular flexibility index (Phi) is 3.28. The number of nitriles is 1. The quantitative estimate of drug-likeness (QED) is 0.773. The summed E-state index contributed by atoms with van der Waals surface area (Å²) in [6.45, 7) is 0.151. The van der Waals surface area contributed by atoms with E-state index in [2.05, 4.69) is 0 Å². The molecule has 1 fully saturated rings. The maximum atomic E-state index is 12.9. The Morgan fingerprint density at radius 2 is 2.11 bits per heavy atom. The predicted octanol–water partition coefficient (Wildman–Crippen LogP) is 2.82. The third kappa shape index (κ3) is 2.65. The normalized spacial score (nSPS) is 15.8. The second-order valence-corrected chi connectivity index (χ2v) is 4.54. The van der Waals surface area contributed by atoms with Gasteiger partial charge in [-0.15, -0.1) is 0 Å². The van der Waals surface area contributed by atoms with Gasteiger partial charge in [0.2, 0.25) is 0 Å². The third-order valence-corrected chi connectivity index (χ3v) is 3.08. The van der Waals surface area contributed by atoms with E-state index < -0.39 is 17.6 Å². The van der Waals surface area contributed by atoms with Crippen LogP contribution >= 0.6 is 0 Å². The molecule has 5 heteroatoms. The Morgan fingerprint density at radius 1 is 1.39 bits per heavy atom. The molecule has 1 saturated carbocycles. The molecular weight excluding hydrogens is 240 g/mol. The van der Waals surface area contributed by atoms with Crippen LogP contribution in [0.4, 0.5) is 8.78 Å². The highest BCUT2D eigenvalue weighted by Gasteiger charge is 2.43. The molecule has 94 valence electrons. The molecule has 0 amide bonds. The lowest BCUT2D eigenvalue weighted by Gasteiger charge is -2.11. The van der Waals surface area contributed by atoms with Crippen molar-refractivity contribution >= 4 is 5.97 Å². The molecule has 0 N–H and O–H groups in total. The van der Waals surface area contributed by atoms with Gasteiger partial charge in [0.25, 0.3) is 0 Å². The van der Waals surface area contributed by atoms with Gasteiger partial charge < -0.3 is 4.74 Å². The van der Waals surface area contributed by atoms with E-state index in [9.17, 15) is 13.6 Å². The van der Waals surface area contributed by atoms with Crippen LogP contribution in [0.5, 0.6) is 0 Å². The highest BCUT2D eigenvalue weighted by molar-refractivity contribution is 5.89. The van der Waals surface area contributed by atoms with Gasteiger partial charge in [0.05, 0.1) is 18.2 Å². The molecule has 0 spiro atoms. The Morgan fingerprint density at radius 3 is 2.67 bits per heavy atom. The first kappa shape index (κ1) is 12.5. The molecule has 0 unspecified atom stereocenters. The van der Waals surface area contributed by atoms with Crippen molar-refractivity contribution in [1.82, 2.24) is 0 Å². The van der Waals surface area contributed by atoms with E-state index in [0.29, 0.717) is 6.42 Å². The van der Waals surface area contributed by atoms with Gasteiger partial charge in [-0.2, -0.15) is 5.26 Å². The SMILES string of the molecule is N#CCC1(COC(=O)c2ccc(F)c(F)c2)CC1. The van der Waals surface area contributed by atoms with E-state index in [0.717, 1.165) is 25.0 Å². The van der Waals surface area contributed by atoms with Gasteiger partial charge in [0.15, 0.2) is 11.6 Å². The van der Waals surface area contributed by atoms with Gasteiger partial charge in [0, 0.05) is 11.8 Å². The summed E-state index contributed by atoms with van der Waals surface area (Å²) in [5.41, 5.74) is -0.246. The van der Waals surface area contributed by atoms with Crippen LogP contribution in [0, 0.1) is 28.4 Å². The number of carbonyl (C=O) groups is 1. The topological polar surface area (TPSA) is 50.1 Å². The summed E-state index contributed by atoms with van der Waals surface area (Å²) in [5.74, 6) is -2.78. The predicted molar refractivity (Wildman–Crippen MR) is 58.5 cm³/mol. The number of carbonyl (C=O) groups excluding carboxylic acids is 1. The highest BCUT2D eigenvalue weighted by Crippen LogP contribution is 2.48. The lowest BCUT2D eigenvalue weighted by Crippen LogP contribution is -2.15. The van der Waals surface area contributed by atoms with Crippen molar-refractivity contribution in [2.75, 3.05) is 6.61 Å². The minimum Gasteiger partial charge on any atom is -0.461 e. The van der Waals surface area contributed by atoms with Crippen LogP contribution in [0.2, 0.25) is 0 Å². The second kappa shape index (κ2) is 4.73. The number of ether oxygens (including phenoxy) is 1. The van der Waals surface area contributed by atoms with Gasteiger partial charge >= 0.3 is 5.97 Å². The molecule has 0 saturated heterocycles. The first-order chi connectivity index (χ1) is 8.56. The number of esters is 1. The molecule has 1 aromatic carbocycles. The monoisotopic (exact) mass is 251 g/mol. The molecule has 0 radical (unpaired) electrons. The number of halogens is 2. The number of hydrogen-bond donors (Lipinski definition) is 0.